The van der Waals surface area contributed by atoms with Crippen LogP contribution in [0.2, 0.25) is 0 Å². The number of rotatable bonds is 39. The number of amides is 11. The highest BCUT2D eigenvalue weighted by molar-refractivity contribution is 6.05. The number of benzene rings is 2. The summed E-state index contributed by atoms with van der Waals surface area (Å²) in [7, 11) is 1.44. The number of carbonyl (C=O) groups is 20. The zero-order valence-corrected chi connectivity index (χ0v) is 65.6. The van der Waals surface area contributed by atoms with E-state index in [0.717, 1.165) is 46.0 Å². The van der Waals surface area contributed by atoms with Gasteiger partial charge >= 0.3 is 17.9 Å². The molecule has 13 atom stereocenters. The number of H-pyrrole nitrogens is 1. The zero-order chi connectivity index (χ0) is 86.1. The molecule has 1 saturated heterocycles. The number of aliphatic hydroxyl groups is 1. The molecule has 2 heterocycles. The van der Waals surface area contributed by atoms with Crippen LogP contribution in [-0.2, 0) is 112 Å². The van der Waals surface area contributed by atoms with E-state index in [-0.39, 0.29) is 49.9 Å². The minimum absolute atomic E-state index is 0.0106. The molecule has 11 amide bonds. The number of primary amides is 1. The lowest BCUT2D eigenvalue weighted by Gasteiger charge is -2.29. The quantitative estimate of drug-likeness (QED) is 0.0107. The number of esters is 1. The largest absolute Gasteiger partial charge is 0.481 e. The van der Waals surface area contributed by atoms with Gasteiger partial charge in [-0.25, -0.2) is 4.79 Å². The summed E-state index contributed by atoms with van der Waals surface area (Å²) in [5.41, 5.74) is 6.94. The first-order valence-corrected chi connectivity index (χ1v) is 38.2. The molecule has 4 rings (SSSR count). The van der Waals surface area contributed by atoms with Crippen LogP contribution >= 0.6 is 0 Å². The Morgan fingerprint density at radius 1 is 0.629 bits per heavy atom. The highest BCUT2D eigenvalue weighted by Gasteiger charge is 2.41. The molecule has 0 unspecified atom stereocenters. The van der Waals surface area contributed by atoms with Crippen molar-refractivity contribution in [3.8, 4) is 0 Å². The number of cyclic esters (lactones) is 1. The molecule has 1 aliphatic heterocycles. The Bertz CT molecular complexity index is 3980. The van der Waals surface area contributed by atoms with Crippen molar-refractivity contribution in [2.45, 2.75) is 211 Å². The lowest BCUT2D eigenvalue weighted by atomic mass is 9.84. The van der Waals surface area contributed by atoms with Crippen molar-refractivity contribution in [3.05, 3.63) is 65.9 Å². The van der Waals surface area contributed by atoms with Gasteiger partial charge in [0.1, 0.15) is 55.6 Å². The molecule has 2 aromatic carbocycles. The Kier molecular flexibility index (Phi) is 41.7. The number of nitrogens with one attached hydrogen (secondary N) is 12. The highest BCUT2D eigenvalue weighted by atomic mass is 16.5. The number of hydrogen-bond donors (Lipinski definition) is 16. The molecule has 636 valence electrons. The lowest BCUT2D eigenvalue weighted by molar-refractivity contribution is -0.156. The average Bonchev–Trinajstić information content (AvgIpc) is 1.59. The van der Waals surface area contributed by atoms with E-state index < -0.39 is 262 Å². The number of Topliss-reactive ketones (excluding diaryl/α,β-unsaturated/α-hetero) is 4. The summed E-state index contributed by atoms with van der Waals surface area (Å²) in [4.78, 5) is 277. The lowest BCUT2D eigenvalue weighted by Crippen LogP contribution is -2.57. The van der Waals surface area contributed by atoms with Gasteiger partial charge < -0.3 is 98.7 Å². The first-order chi connectivity index (χ1) is 55.2. The number of anilines is 1. The minimum Gasteiger partial charge on any atom is -0.481 e. The highest BCUT2D eigenvalue weighted by Crippen LogP contribution is 2.26. The van der Waals surface area contributed by atoms with Gasteiger partial charge in [-0.2, -0.15) is 0 Å². The third-order valence-electron chi connectivity index (χ3n) is 19.1. The van der Waals surface area contributed by atoms with Gasteiger partial charge in [0.05, 0.1) is 56.5 Å². The second-order valence-electron chi connectivity index (χ2n) is 28.2. The summed E-state index contributed by atoms with van der Waals surface area (Å²) in [6.45, 7) is 1.87. The molecule has 116 heavy (non-hydrogen) atoms. The van der Waals surface area contributed by atoms with Gasteiger partial charge in [-0.3, -0.25) is 91.1 Å². The molecular weight excluding hydrogens is 1520 g/mol. The molecule has 1 aromatic heterocycles. The van der Waals surface area contributed by atoms with E-state index in [1.54, 1.807) is 37.4 Å². The van der Waals surface area contributed by atoms with Crippen LogP contribution in [0.1, 0.15) is 166 Å². The van der Waals surface area contributed by atoms with E-state index in [1.807, 2.05) is 0 Å². The van der Waals surface area contributed by atoms with Crippen molar-refractivity contribution < 1.29 is 125 Å². The van der Waals surface area contributed by atoms with Crippen molar-refractivity contribution in [1.29, 1.82) is 0 Å². The molecule has 39 heteroatoms. The smallest absolute Gasteiger partial charge is 0.329 e. The fourth-order valence-electron chi connectivity index (χ4n) is 12.6. The van der Waals surface area contributed by atoms with Crippen LogP contribution < -0.4 is 64.2 Å². The molecule has 0 saturated carbocycles. The van der Waals surface area contributed by atoms with E-state index in [1.165, 1.54) is 38.2 Å². The average molecular weight is 1630 g/mol. The van der Waals surface area contributed by atoms with E-state index in [2.05, 4.69) is 70.4 Å². The van der Waals surface area contributed by atoms with Crippen LogP contribution in [0.3, 0.4) is 0 Å². The van der Waals surface area contributed by atoms with Crippen molar-refractivity contribution >= 4 is 136 Å². The Hall–Kier alpha value is -12.1. The molecule has 0 spiro atoms. The summed E-state index contributed by atoms with van der Waals surface area (Å²) in [6.07, 6.45) is -1.18. The number of aliphatic carboxylic acids is 2. The topological polar surface area (TPSA) is 604 Å². The maximum absolute atomic E-state index is 15.0. The van der Waals surface area contributed by atoms with Gasteiger partial charge in [-0.15, -0.1) is 0 Å². The standard InChI is InChI=1S/C77H107N13O26/c1-7-9-11-12-13-14-15-25-64(99)85-55(27-46-34-80-52-24-19-16-20-48(46)52)75(111)87-54(33-63(78)98)61(96)28-45(30-68(104)105)71(107)90-69-44(5)116-77(113)56(32-59(94)49-21-17-18-23-51(49)79-6)88-73(109)50(42(3)26-67(102)103)31-62(97)57(37-91)86-66(101)35-81-74(110)58(39-115-41-93)89-70(106)43(4)83-72(108)47(38-114-40-92)29-60(95)53(22-10-8-2)84-65(100)36-82-76(69)112/h16-21,23-24,34,40-45,47,50,53-58,69,79-80,91H,7-15,22,25-33,35-39H2,1-6H3,(H2,78,98)(H,81,110)(H,82,112)(H,83,108)(H,84,100)(H,85,99)(H,86,101)(H,87,111)(H,88,109)(H,89,106)(H,90,107)(H,102,103)(H,104,105)/t42-,43-,44-,45+,47+,50+,53+,54-,55+,56+,57-,58+,69+/m1/s1. The number of hydrogen-bond acceptors (Lipinski definition) is 25. The Balaban J connectivity index is 1.88. The third-order valence-corrected chi connectivity index (χ3v) is 19.1. The van der Waals surface area contributed by atoms with Crippen LogP contribution in [0.15, 0.2) is 54.7 Å². The molecular formula is C77H107N13O26. The van der Waals surface area contributed by atoms with E-state index >= 15 is 0 Å². The van der Waals surface area contributed by atoms with E-state index in [9.17, 15) is 111 Å². The number of unbranched alkanes of at least 4 members (excludes halogenated alkanes) is 7. The fourth-order valence-corrected chi connectivity index (χ4v) is 12.6. The van der Waals surface area contributed by atoms with Crippen molar-refractivity contribution in [2.24, 2.45) is 29.4 Å². The molecule has 1 fully saturated rings. The van der Waals surface area contributed by atoms with Crippen LogP contribution in [-0.4, -0.2) is 234 Å². The second-order valence-corrected chi connectivity index (χ2v) is 28.2. The minimum atomic E-state index is -2.34. The fraction of sp³-hybridized carbons (Fsp3) is 0.558. The Labute approximate surface area is 668 Å². The number of carboxylic acids is 2. The molecule has 0 bridgehead atoms. The van der Waals surface area contributed by atoms with Crippen LogP contribution in [0.25, 0.3) is 10.9 Å². The molecule has 17 N–H and O–H groups in total. The predicted octanol–water partition coefficient (Wildman–Crippen LogP) is -1.04. The number of para-hydroxylation sites is 2. The molecule has 0 radical (unpaired) electrons. The third kappa shape index (κ3) is 32.8. The first-order valence-electron chi connectivity index (χ1n) is 38.2. The van der Waals surface area contributed by atoms with Crippen molar-refractivity contribution in [3.63, 3.8) is 0 Å². The Morgan fingerprint density at radius 3 is 1.87 bits per heavy atom. The van der Waals surface area contributed by atoms with Crippen molar-refractivity contribution in [1.82, 2.24) is 58.2 Å². The van der Waals surface area contributed by atoms with Crippen molar-refractivity contribution in [2.75, 3.05) is 45.3 Å². The zero-order valence-electron chi connectivity index (χ0n) is 65.6. The summed E-state index contributed by atoms with van der Waals surface area (Å²) < 4.78 is 15.3. The maximum Gasteiger partial charge on any atom is 0.329 e. The van der Waals surface area contributed by atoms with Gasteiger partial charge in [0.2, 0.25) is 65.0 Å². The van der Waals surface area contributed by atoms with E-state index in [4.69, 9.17) is 19.9 Å². The van der Waals surface area contributed by atoms with E-state index in [0.29, 0.717) is 35.7 Å². The molecule has 39 nitrogen and oxygen atoms in total. The van der Waals surface area contributed by atoms with Gasteiger partial charge in [0.15, 0.2) is 23.1 Å². The van der Waals surface area contributed by atoms with Gasteiger partial charge in [-0.05, 0) is 56.4 Å². The SMILES string of the molecule is CCCCCCCCCC(=O)N[C@@H](Cc1c[nH]c2ccccc12)C(=O)N[C@H](CC(N)=O)C(=O)C[C@@H](CC(=O)O)C(=O)N[C@@H]1C(=O)NCC(=O)N[C@@H](CCCC)C(=O)C[C@@H](COC=O)C(=O)N[C@H](C)C(=O)N[C@@H](COC=O)C(=O)NCC(=O)N[C@H](CO)C(=O)C[C@@H]([C@H](C)CC(=O)O)C(=O)N[C@@H](CC(=O)c2ccccc2NC)C(=O)O[C@@H]1C. The first kappa shape index (κ1) is 96.3. The normalized spacial score (nSPS) is 21.2. The van der Waals surface area contributed by atoms with Crippen LogP contribution in [0, 0.1) is 23.7 Å². The predicted molar refractivity (Wildman–Crippen MR) is 410 cm³/mol. The summed E-state index contributed by atoms with van der Waals surface area (Å²) in [6, 6.07) is -1.98. The van der Waals surface area contributed by atoms with Gasteiger partial charge in [0.25, 0.3) is 12.9 Å². The van der Waals surface area contributed by atoms with Crippen LogP contribution in [0.4, 0.5) is 5.69 Å². The summed E-state index contributed by atoms with van der Waals surface area (Å²) >= 11 is 0. The van der Waals surface area contributed by atoms with Gasteiger partial charge in [0, 0.05) is 86.3 Å². The number of ether oxygens (including phenoxy) is 3. The molecule has 1 aliphatic rings. The summed E-state index contributed by atoms with van der Waals surface area (Å²) in [5, 5.41) is 57.3. The number of nitrogens with two attached hydrogens (primary N) is 1. The van der Waals surface area contributed by atoms with Gasteiger partial charge in [-0.1, -0.05) is 102 Å². The second kappa shape index (κ2) is 50.2. The number of carboxylic acid groups (broad SMARTS) is 2. The molecule has 3 aromatic rings. The number of aliphatic hydroxyl groups excluding tert-OH is 1. The Morgan fingerprint density at radius 2 is 1.23 bits per heavy atom. The number of ketones is 4. The monoisotopic (exact) mass is 1630 g/mol. The number of aromatic amines is 1. The number of carbonyl (C=O) groups excluding carboxylic acids is 18. The number of aromatic nitrogens is 1. The maximum atomic E-state index is 15.0. The number of fused-ring (bicyclic) bond motifs is 1. The summed E-state index contributed by atoms with van der Waals surface area (Å²) in [5.74, 6) is -28.7. The molecule has 0 aliphatic carbocycles. The van der Waals surface area contributed by atoms with Crippen LogP contribution in [0.5, 0.6) is 0 Å².